The highest BCUT2D eigenvalue weighted by atomic mass is 19.1. The van der Waals surface area contributed by atoms with Crippen LogP contribution in [0.2, 0.25) is 0 Å². The molecule has 36 heavy (non-hydrogen) atoms. The molecular weight excluding hydrogens is 463 g/mol. The zero-order chi connectivity index (χ0) is 25.4. The summed E-state index contributed by atoms with van der Waals surface area (Å²) in [6, 6.07) is 6.47. The third kappa shape index (κ3) is 4.66. The SMILES string of the molecule is C[C@H](NC(=O)c1noc(C(C)(C)C)n1)c1ccc(-c2ccnc3[nH]nc(N[C@@H]4CCNC4)c23)cc1F. The van der Waals surface area contributed by atoms with E-state index in [1.54, 1.807) is 19.2 Å². The normalized spacial score (nSPS) is 16.9. The summed E-state index contributed by atoms with van der Waals surface area (Å²) in [6.07, 6.45) is 2.67. The molecule has 2 atom stereocenters. The van der Waals surface area contributed by atoms with Gasteiger partial charge in [-0.25, -0.2) is 9.37 Å². The number of H-pyrrole nitrogens is 1. The maximum absolute atomic E-state index is 15.3. The molecule has 1 saturated heterocycles. The van der Waals surface area contributed by atoms with Crippen LogP contribution in [0.25, 0.3) is 22.2 Å². The van der Waals surface area contributed by atoms with Crippen LogP contribution in [0.5, 0.6) is 0 Å². The molecule has 1 fully saturated rings. The lowest BCUT2D eigenvalue weighted by Crippen LogP contribution is -2.28. The molecule has 1 amide bonds. The second kappa shape index (κ2) is 9.30. The molecule has 11 heteroatoms. The number of halogens is 1. The Hall–Kier alpha value is -3.86. The zero-order valence-electron chi connectivity index (χ0n) is 20.6. The Morgan fingerprint density at radius 3 is 2.81 bits per heavy atom. The summed E-state index contributed by atoms with van der Waals surface area (Å²) in [5.41, 5.74) is 2.09. The molecule has 1 aliphatic rings. The van der Waals surface area contributed by atoms with Crippen LogP contribution in [0.3, 0.4) is 0 Å². The minimum Gasteiger partial charge on any atom is -0.364 e. The maximum Gasteiger partial charge on any atom is 0.293 e. The Morgan fingerprint density at radius 1 is 1.28 bits per heavy atom. The van der Waals surface area contributed by atoms with Gasteiger partial charge in [0.05, 0.1) is 11.4 Å². The maximum atomic E-state index is 15.3. The average molecular weight is 493 g/mol. The van der Waals surface area contributed by atoms with Crippen LogP contribution in [0.4, 0.5) is 10.2 Å². The third-order valence-corrected chi connectivity index (χ3v) is 6.26. The first-order valence-electron chi connectivity index (χ1n) is 12.0. The Kier molecular flexibility index (Phi) is 6.17. The van der Waals surface area contributed by atoms with Gasteiger partial charge in [0.1, 0.15) is 5.82 Å². The quantitative estimate of drug-likeness (QED) is 0.320. The first-order chi connectivity index (χ1) is 17.2. The van der Waals surface area contributed by atoms with E-state index in [-0.39, 0.29) is 17.3 Å². The van der Waals surface area contributed by atoms with Gasteiger partial charge in [0.15, 0.2) is 11.5 Å². The molecule has 4 aromatic rings. The fraction of sp³-hybridized carbons (Fsp3) is 0.400. The third-order valence-electron chi connectivity index (χ3n) is 6.26. The van der Waals surface area contributed by atoms with Crippen molar-refractivity contribution in [3.8, 4) is 11.1 Å². The number of carbonyl (C=O) groups is 1. The molecule has 4 heterocycles. The van der Waals surface area contributed by atoms with Gasteiger partial charge in [-0.3, -0.25) is 9.89 Å². The van der Waals surface area contributed by atoms with Crippen molar-refractivity contribution in [2.75, 3.05) is 18.4 Å². The van der Waals surface area contributed by atoms with Gasteiger partial charge >= 0.3 is 0 Å². The molecule has 0 bridgehead atoms. The molecule has 5 rings (SSSR count). The second-order valence-electron chi connectivity index (χ2n) is 10.1. The summed E-state index contributed by atoms with van der Waals surface area (Å²) in [7, 11) is 0. The molecule has 0 radical (unpaired) electrons. The lowest BCUT2D eigenvalue weighted by molar-refractivity contribution is 0.0925. The first-order valence-corrected chi connectivity index (χ1v) is 12.0. The van der Waals surface area contributed by atoms with Gasteiger partial charge in [-0.2, -0.15) is 10.1 Å². The number of carbonyl (C=O) groups excluding carboxylic acids is 1. The first kappa shape index (κ1) is 23.9. The molecule has 0 unspecified atom stereocenters. The van der Waals surface area contributed by atoms with E-state index in [2.05, 4.69) is 41.3 Å². The molecule has 0 aliphatic carbocycles. The number of hydrogen-bond acceptors (Lipinski definition) is 8. The zero-order valence-corrected chi connectivity index (χ0v) is 20.6. The van der Waals surface area contributed by atoms with Gasteiger partial charge in [-0.1, -0.05) is 38.1 Å². The molecule has 10 nitrogen and oxygen atoms in total. The molecular formula is C25H29FN8O2. The van der Waals surface area contributed by atoms with E-state index < -0.39 is 17.8 Å². The van der Waals surface area contributed by atoms with Crippen LogP contribution >= 0.6 is 0 Å². The fourth-order valence-electron chi connectivity index (χ4n) is 4.27. The van der Waals surface area contributed by atoms with E-state index >= 15 is 4.39 Å². The Morgan fingerprint density at radius 2 is 2.11 bits per heavy atom. The number of fused-ring (bicyclic) bond motifs is 1. The van der Waals surface area contributed by atoms with Crippen molar-refractivity contribution in [2.24, 2.45) is 0 Å². The van der Waals surface area contributed by atoms with Crippen molar-refractivity contribution >= 4 is 22.8 Å². The number of amides is 1. The number of aromatic nitrogens is 5. The summed E-state index contributed by atoms with van der Waals surface area (Å²) in [5.74, 6) is 0.00206. The van der Waals surface area contributed by atoms with E-state index in [0.717, 1.165) is 30.5 Å². The van der Waals surface area contributed by atoms with Crippen LogP contribution in [0.1, 0.15) is 62.2 Å². The number of aromatic amines is 1. The van der Waals surface area contributed by atoms with Gasteiger partial charge in [0.2, 0.25) is 5.89 Å². The van der Waals surface area contributed by atoms with Crippen LogP contribution < -0.4 is 16.0 Å². The number of nitrogens with zero attached hydrogens (tertiary/aromatic N) is 4. The van der Waals surface area contributed by atoms with E-state index in [9.17, 15) is 4.79 Å². The monoisotopic (exact) mass is 492 g/mol. The van der Waals surface area contributed by atoms with Crippen molar-refractivity contribution in [1.82, 2.24) is 36.0 Å². The standard InChI is InChI=1S/C25H29FN8O2/c1-13(29-23(35)22-31-24(36-34-22)25(2,3)4)16-6-5-14(11-18(16)26)17-8-10-28-20-19(17)21(33-32-20)30-15-7-9-27-12-15/h5-6,8,10-11,13,15,27H,7,9,12H2,1-4H3,(H,29,35)(H2,28,30,32,33)/t13-,15+/m0/s1. The van der Waals surface area contributed by atoms with Gasteiger partial charge in [0, 0.05) is 29.8 Å². The molecule has 0 saturated carbocycles. The molecule has 1 aliphatic heterocycles. The average Bonchev–Trinajstić information content (AvgIpc) is 3.60. The fourth-order valence-corrected chi connectivity index (χ4v) is 4.27. The number of pyridine rings is 1. The number of rotatable bonds is 6. The minimum atomic E-state index is -0.610. The molecule has 4 N–H and O–H groups in total. The molecule has 188 valence electrons. The Balaban J connectivity index is 1.38. The van der Waals surface area contributed by atoms with Gasteiger partial charge in [-0.05, 0) is 43.1 Å². The highest BCUT2D eigenvalue weighted by molar-refractivity contribution is 6.00. The van der Waals surface area contributed by atoms with Crippen molar-refractivity contribution in [1.29, 1.82) is 0 Å². The van der Waals surface area contributed by atoms with Crippen LogP contribution in [-0.4, -0.2) is 50.4 Å². The van der Waals surface area contributed by atoms with E-state index in [0.29, 0.717) is 28.5 Å². The Labute approximate surface area is 207 Å². The van der Waals surface area contributed by atoms with Crippen molar-refractivity contribution in [3.63, 3.8) is 0 Å². The number of nitrogens with one attached hydrogen (secondary N) is 4. The minimum absolute atomic E-state index is 0.0829. The van der Waals surface area contributed by atoms with Crippen LogP contribution in [0.15, 0.2) is 35.0 Å². The van der Waals surface area contributed by atoms with Crippen LogP contribution in [0, 0.1) is 5.82 Å². The smallest absolute Gasteiger partial charge is 0.293 e. The summed E-state index contributed by atoms with van der Waals surface area (Å²) in [6.45, 7) is 9.25. The van der Waals surface area contributed by atoms with Gasteiger partial charge in [0.25, 0.3) is 11.7 Å². The summed E-state index contributed by atoms with van der Waals surface area (Å²) in [5, 5.41) is 21.5. The Bertz CT molecular complexity index is 1400. The number of hydrogen-bond donors (Lipinski definition) is 4. The highest BCUT2D eigenvalue weighted by Crippen LogP contribution is 2.33. The topological polar surface area (TPSA) is 134 Å². The molecule has 3 aromatic heterocycles. The summed E-state index contributed by atoms with van der Waals surface area (Å²) >= 11 is 0. The van der Waals surface area contributed by atoms with Crippen molar-refractivity contribution < 1.29 is 13.7 Å². The predicted molar refractivity (Wildman–Crippen MR) is 133 cm³/mol. The highest BCUT2D eigenvalue weighted by Gasteiger charge is 2.26. The summed E-state index contributed by atoms with van der Waals surface area (Å²) < 4.78 is 20.5. The largest absolute Gasteiger partial charge is 0.364 e. The van der Waals surface area contributed by atoms with Crippen molar-refractivity contribution in [2.45, 2.75) is 51.6 Å². The van der Waals surface area contributed by atoms with Crippen LogP contribution in [-0.2, 0) is 5.41 Å². The van der Waals surface area contributed by atoms with E-state index in [1.165, 1.54) is 6.07 Å². The number of benzene rings is 1. The van der Waals surface area contributed by atoms with Gasteiger partial charge in [-0.15, -0.1) is 0 Å². The lowest BCUT2D eigenvalue weighted by atomic mass is 9.97. The second-order valence-corrected chi connectivity index (χ2v) is 10.1. The lowest BCUT2D eigenvalue weighted by Gasteiger charge is -2.16. The number of anilines is 1. The van der Waals surface area contributed by atoms with E-state index in [4.69, 9.17) is 4.52 Å². The van der Waals surface area contributed by atoms with Crippen molar-refractivity contribution in [3.05, 3.63) is 53.6 Å². The van der Waals surface area contributed by atoms with E-state index in [1.807, 2.05) is 32.9 Å². The molecule has 1 aromatic carbocycles. The van der Waals surface area contributed by atoms with Gasteiger partial charge < -0.3 is 20.5 Å². The summed E-state index contributed by atoms with van der Waals surface area (Å²) in [4.78, 5) is 21.2. The predicted octanol–water partition coefficient (Wildman–Crippen LogP) is 3.71. The molecule has 0 spiro atoms.